The molecule has 2 aromatic rings. The second kappa shape index (κ2) is 9.84. The van der Waals surface area contributed by atoms with Crippen molar-refractivity contribution < 1.29 is 14.1 Å². The molecular weight excluding hydrogens is 405 g/mol. The van der Waals surface area contributed by atoms with Crippen LogP contribution >= 0.6 is 0 Å². The fourth-order valence-corrected chi connectivity index (χ4v) is 3.92. The van der Waals surface area contributed by atoms with E-state index in [0.717, 1.165) is 19.6 Å². The summed E-state index contributed by atoms with van der Waals surface area (Å²) in [5.41, 5.74) is 0.425. The Morgan fingerprint density at radius 3 is 2.48 bits per heavy atom. The number of hydrogen-bond donors (Lipinski definition) is 1. The van der Waals surface area contributed by atoms with Crippen LogP contribution in [0, 0.1) is 15.9 Å². The highest BCUT2D eigenvalue weighted by molar-refractivity contribution is 5.70. The number of rotatable bonds is 7. The zero-order chi connectivity index (χ0) is 21.6. The number of hydrogen-bond acceptors (Lipinski definition) is 9. The second-order valence-corrected chi connectivity index (χ2v) is 7.46. The minimum Gasteiger partial charge on any atom is -0.379 e. The molecule has 0 radical (unpaired) electrons. The predicted molar refractivity (Wildman–Crippen MR) is 115 cm³/mol. The summed E-state index contributed by atoms with van der Waals surface area (Å²) >= 11 is 0. The Hall–Kier alpha value is -3.05. The van der Waals surface area contributed by atoms with Crippen molar-refractivity contribution in [3.8, 4) is 0 Å². The summed E-state index contributed by atoms with van der Waals surface area (Å²) in [7, 11) is 0. The molecule has 0 atom stereocenters. The first kappa shape index (κ1) is 21.2. The topological polar surface area (TPSA) is 99.9 Å². The van der Waals surface area contributed by atoms with Gasteiger partial charge in [-0.1, -0.05) is 12.1 Å². The van der Waals surface area contributed by atoms with Gasteiger partial charge in [-0.25, -0.2) is 14.4 Å². The zero-order valence-corrected chi connectivity index (χ0v) is 17.2. The van der Waals surface area contributed by atoms with E-state index in [4.69, 9.17) is 4.74 Å². The van der Waals surface area contributed by atoms with Crippen molar-refractivity contribution in [1.29, 1.82) is 0 Å². The zero-order valence-electron chi connectivity index (χ0n) is 17.2. The van der Waals surface area contributed by atoms with Crippen molar-refractivity contribution >= 4 is 23.0 Å². The fraction of sp³-hybridized carbons (Fsp3) is 0.500. The molecule has 2 aliphatic heterocycles. The summed E-state index contributed by atoms with van der Waals surface area (Å²) in [4.78, 5) is 25.8. The molecule has 2 fully saturated rings. The lowest BCUT2D eigenvalue weighted by molar-refractivity contribution is -0.383. The van der Waals surface area contributed by atoms with Gasteiger partial charge in [0.25, 0.3) is 0 Å². The van der Waals surface area contributed by atoms with Gasteiger partial charge in [0.1, 0.15) is 12.1 Å². The van der Waals surface area contributed by atoms with Crippen LogP contribution in [0.15, 0.2) is 30.6 Å². The molecule has 31 heavy (non-hydrogen) atoms. The van der Waals surface area contributed by atoms with Gasteiger partial charge in [-0.15, -0.1) is 0 Å². The van der Waals surface area contributed by atoms with Crippen molar-refractivity contribution in [2.24, 2.45) is 0 Å². The minimum absolute atomic E-state index is 0.121. The summed E-state index contributed by atoms with van der Waals surface area (Å²) in [5.74, 6) is 0.248. The molecule has 0 amide bonds. The number of nitrogens with one attached hydrogen (secondary N) is 1. The molecule has 0 unspecified atom stereocenters. The van der Waals surface area contributed by atoms with E-state index < -0.39 is 4.92 Å². The standard InChI is InChI=1S/C20H26FN7O3/c21-16-3-1-2-4-17(16)26-7-9-27(10-8-26)20-18(28(29)30)19(23-15-24-20)22-5-6-25-11-13-31-14-12-25/h1-4,15H,5-14H2,(H,22,23,24). The van der Waals surface area contributed by atoms with E-state index in [2.05, 4.69) is 20.2 Å². The molecule has 1 aromatic carbocycles. The predicted octanol–water partition coefficient (Wildman–Crippen LogP) is 1.59. The molecule has 4 rings (SSSR count). The molecule has 0 spiro atoms. The molecule has 11 heteroatoms. The number of aromatic nitrogens is 2. The Morgan fingerprint density at radius 2 is 1.77 bits per heavy atom. The van der Waals surface area contributed by atoms with Crippen LogP contribution in [-0.4, -0.2) is 85.4 Å². The Bertz CT molecular complexity index is 902. The Kier molecular flexibility index (Phi) is 6.73. The van der Waals surface area contributed by atoms with E-state index >= 15 is 0 Å². The highest BCUT2D eigenvalue weighted by atomic mass is 19.1. The number of anilines is 3. The van der Waals surface area contributed by atoms with Crippen LogP contribution in [0.5, 0.6) is 0 Å². The average molecular weight is 431 g/mol. The molecule has 0 aliphatic carbocycles. The largest absolute Gasteiger partial charge is 0.379 e. The number of piperazine rings is 1. The van der Waals surface area contributed by atoms with Crippen molar-refractivity contribution in [1.82, 2.24) is 14.9 Å². The highest BCUT2D eigenvalue weighted by Gasteiger charge is 2.29. The van der Waals surface area contributed by atoms with E-state index in [0.29, 0.717) is 57.4 Å². The van der Waals surface area contributed by atoms with Crippen LogP contribution < -0.4 is 15.1 Å². The number of halogens is 1. The number of para-hydroxylation sites is 1. The maximum atomic E-state index is 14.1. The van der Waals surface area contributed by atoms with Gasteiger partial charge in [0.2, 0.25) is 11.6 Å². The van der Waals surface area contributed by atoms with E-state index in [9.17, 15) is 14.5 Å². The first-order chi connectivity index (χ1) is 15.1. The van der Waals surface area contributed by atoms with Crippen LogP contribution in [0.1, 0.15) is 0 Å². The molecule has 166 valence electrons. The second-order valence-electron chi connectivity index (χ2n) is 7.46. The van der Waals surface area contributed by atoms with Crippen molar-refractivity contribution in [3.05, 3.63) is 46.5 Å². The molecule has 0 bridgehead atoms. The third kappa shape index (κ3) is 5.00. The van der Waals surface area contributed by atoms with E-state index in [1.807, 2.05) is 9.80 Å². The lowest BCUT2D eigenvalue weighted by Gasteiger charge is -2.36. The first-order valence-corrected chi connectivity index (χ1v) is 10.4. The van der Waals surface area contributed by atoms with Gasteiger partial charge in [0, 0.05) is 52.4 Å². The van der Waals surface area contributed by atoms with E-state index in [-0.39, 0.29) is 17.3 Å². The quantitative estimate of drug-likeness (QED) is 0.517. The smallest absolute Gasteiger partial charge is 0.353 e. The molecule has 0 saturated carbocycles. The van der Waals surface area contributed by atoms with Gasteiger partial charge in [0.15, 0.2) is 0 Å². The maximum Gasteiger partial charge on any atom is 0.353 e. The summed E-state index contributed by atoms with van der Waals surface area (Å²) in [6.07, 6.45) is 1.35. The first-order valence-electron chi connectivity index (χ1n) is 10.4. The van der Waals surface area contributed by atoms with Crippen molar-refractivity contribution in [3.63, 3.8) is 0 Å². The van der Waals surface area contributed by atoms with Crippen LogP contribution in [-0.2, 0) is 4.74 Å². The Balaban J connectivity index is 1.43. The van der Waals surface area contributed by atoms with Gasteiger partial charge >= 0.3 is 5.69 Å². The molecule has 2 aliphatic rings. The van der Waals surface area contributed by atoms with Gasteiger partial charge in [-0.3, -0.25) is 15.0 Å². The van der Waals surface area contributed by atoms with Crippen molar-refractivity contribution in [2.45, 2.75) is 0 Å². The van der Waals surface area contributed by atoms with E-state index in [1.165, 1.54) is 12.4 Å². The molecule has 1 N–H and O–H groups in total. The number of benzene rings is 1. The monoisotopic (exact) mass is 431 g/mol. The summed E-state index contributed by atoms with van der Waals surface area (Å²) in [6.45, 7) is 6.49. The lowest BCUT2D eigenvalue weighted by Crippen LogP contribution is -2.47. The molecule has 3 heterocycles. The summed E-state index contributed by atoms with van der Waals surface area (Å²) in [5, 5.41) is 15.0. The number of ether oxygens (including phenoxy) is 1. The fourth-order valence-electron chi connectivity index (χ4n) is 3.92. The van der Waals surface area contributed by atoms with Gasteiger partial charge < -0.3 is 19.9 Å². The van der Waals surface area contributed by atoms with Crippen LogP contribution in [0.2, 0.25) is 0 Å². The third-order valence-electron chi connectivity index (χ3n) is 5.58. The average Bonchev–Trinajstić information content (AvgIpc) is 2.80. The third-order valence-corrected chi connectivity index (χ3v) is 5.58. The molecular formula is C20H26FN7O3. The molecule has 2 saturated heterocycles. The number of morpholine rings is 1. The van der Waals surface area contributed by atoms with Gasteiger partial charge in [-0.2, -0.15) is 0 Å². The number of nitrogens with zero attached hydrogens (tertiary/aromatic N) is 6. The minimum atomic E-state index is -0.435. The van der Waals surface area contributed by atoms with Crippen LogP contribution in [0.25, 0.3) is 0 Å². The maximum absolute atomic E-state index is 14.1. The lowest BCUT2D eigenvalue weighted by atomic mass is 10.2. The van der Waals surface area contributed by atoms with Gasteiger partial charge in [-0.05, 0) is 12.1 Å². The molecule has 1 aromatic heterocycles. The van der Waals surface area contributed by atoms with Crippen LogP contribution in [0.3, 0.4) is 0 Å². The highest BCUT2D eigenvalue weighted by Crippen LogP contribution is 2.32. The van der Waals surface area contributed by atoms with Gasteiger partial charge in [0.05, 0.1) is 23.8 Å². The Labute approximate surface area is 179 Å². The van der Waals surface area contributed by atoms with Crippen LogP contribution in [0.4, 0.5) is 27.4 Å². The Morgan fingerprint density at radius 1 is 1.06 bits per heavy atom. The normalized spacial score (nSPS) is 17.6. The summed E-state index contributed by atoms with van der Waals surface area (Å²) in [6, 6.07) is 6.64. The van der Waals surface area contributed by atoms with Crippen molar-refractivity contribution in [2.75, 3.05) is 80.7 Å². The molecule has 10 nitrogen and oxygen atoms in total. The SMILES string of the molecule is O=[N+]([O-])c1c(NCCN2CCOCC2)ncnc1N1CCN(c2ccccc2F)CC1. The van der Waals surface area contributed by atoms with E-state index in [1.54, 1.807) is 18.2 Å². The number of nitro groups is 1. The summed E-state index contributed by atoms with van der Waals surface area (Å²) < 4.78 is 19.4.